The van der Waals surface area contributed by atoms with Crippen molar-refractivity contribution in [1.29, 1.82) is 0 Å². The Kier molecular flexibility index (Phi) is 5.46. The number of ether oxygens (including phenoxy) is 1. The number of amides is 1. The molecule has 0 radical (unpaired) electrons. The smallest absolute Gasteiger partial charge is 0.340 e. The van der Waals surface area contributed by atoms with E-state index in [0.29, 0.717) is 12.2 Å². The summed E-state index contributed by atoms with van der Waals surface area (Å²) in [5, 5.41) is 7.71. The summed E-state index contributed by atoms with van der Waals surface area (Å²) in [4.78, 5) is 28.0. The number of furan rings is 1. The average Bonchev–Trinajstić information content (AvgIpc) is 3.56. The Labute approximate surface area is 193 Å². The molecule has 33 heavy (non-hydrogen) atoms. The van der Waals surface area contributed by atoms with Gasteiger partial charge in [0.15, 0.2) is 6.61 Å². The van der Waals surface area contributed by atoms with Gasteiger partial charge in [-0.25, -0.2) is 18.2 Å². The quantitative estimate of drug-likeness (QED) is 0.593. The van der Waals surface area contributed by atoms with Crippen molar-refractivity contribution in [2.24, 2.45) is 9.50 Å². The highest BCUT2D eigenvalue weighted by Gasteiger charge is 2.35. The lowest BCUT2D eigenvalue weighted by Crippen LogP contribution is -2.37. The number of nitrogens with zero attached hydrogens (tertiary/aromatic N) is 4. The molecule has 5 rings (SSSR count). The minimum absolute atomic E-state index is 0.143. The number of carbonyl (C=O) groups excluding carboxylic acids is 2. The lowest BCUT2D eigenvalue weighted by atomic mass is 10.1. The van der Waals surface area contributed by atoms with Crippen LogP contribution in [-0.4, -0.2) is 60.7 Å². The van der Waals surface area contributed by atoms with Crippen LogP contribution in [0, 0.1) is 0 Å². The van der Waals surface area contributed by atoms with Crippen LogP contribution in [0.5, 0.6) is 0 Å². The van der Waals surface area contributed by atoms with Gasteiger partial charge in [-0.2, -0.15) is 5.10 Å². The first-order valence-electron chi connectivity index (χ1n) is 10.0. The van der Waals surface area contributed by atoms with Crippen LogP contribution < -0.4 is 0 Å². The van der Waals surface area contributed by atoms with E-state index in [-0.39, 0.29) is 23.7 Å². The largest absolute Gasteiger partial charge is 0.467 e. The van der Waals surface area contributed by atoms with E-state index in [9.17, 15) is 18.0 Å². The van der Waals surface area contributed by atoms with Crippen molar-refractivity contribution in [2.75, 3.05) is 18.9 Å². The number of hydrogen-bond acceptors (Lipinski definition) is 9. The van der Waals surface area contributed by atoms with Gasteiger partial charge in [-0.3, -0.25) is 4.79 Å². The predicted molar refractivity (Wildman–Crippen MR) is 120 cm³/mol. The van der Waals surface area contributed by atoms with Crippen LogP contribution in [-0.2, 0) is 24.3 Å². The van der Waals surface area contributed by atoms with Crippen molar-refractivity contribution in [2.45, 2.75) is 12.5 Å². The van der Waals surface area contributed by atoms with Gasteiger partial charge >= 0.3 is 5.97 Å². The molecule has 0 aromatic carbocycles. The van der Waals surface area contributed by atoms with E-state index in [4.69, 9.17) is 9.15 Å². The molecule has 5 heterocycles. The van der Waals surface area contributed by atoms with Gasteiger partial charge in [0.25, 0.3) is 15.9 Å². The minimum atomic E-state index is -3.49. The molecule has 0 bridgehead atoms. The highest BCUT2D eigenvalue weighted by Crippen LogP contribution is 2.34. The second kappa shape index (κ2) is 8.45. The number of hydrogen-bond donors (Lipinski definition) is 0. The normalized spacial score (nSPS) is 21.2. The van der Waals surface area contributed by atoms with Crippen LogP contribution in [0.2, 0.25) is 0 Å². The summed E-state index contributed by atoms with van der Waals surface area (Å²) in [5.74, 6) is -0.501. The SMILES string of the molecule is O=C(OCC(=O)N1N=C(c2cccs2)CC1c1ccco1)C1=CN2CCS(=O)(=O)N=C2C=C1. The fourth-order valence-corrected chi connectivity index (χ4v) is 5.32. The van der Waals surface area contributed by atoms with Gasteiger partial charge in [0.2, 0.25) is 0 Å². The Morgan fingerprint density at radius 3 is 2.88 bits per heavy atom. The molecule has 2 aromatic rings. The molecule has 0 N–H and O–H groups in total. The highest BCUT2D eigenvalue weighted by molar-refractivity contribution is 7.90. The molecule has 0 saturated heterocycles. The highest BCUT2D eigenvalue weighted by atomic mass is 32.2. The minimum Gasteiger partial charge on any atom is -0.467 e. The summed E-state index contributed by atoms with van der Waals surface area (Å²) in [5.41, 5.74) is 0.948. The third-order valence-electron chi connectivity index (χ3n) is 5.23. The zero-order valence-electron chi connectivity index (χ0n) is 17.2. The van der Waals surface area contributed by atoms with Gasteiger partial charge in [0.1, 0.15) is 17.6 Å². The first-order valence-corrected chi connectivity index (χ1v) is 12.5. The van der Waals surface area contributed by atoms with E-state index in [1.807, 2.05) is 17.5 Å². The number of fused-ring (bicyclic) bond motifs is 1. The molecule has 12 heteroatoms. The Bertz CT molecular complexity index is 1310. The molecule has 0 spiro atoms. The van der Waals surface area contributed by atoms with Gasteiger partial charge in [-0.05, 0) is 35.7 Å². The van der Waals surface area contributed by atoms with Gasteiger partial charge in [0, 0.05) is 19.2 Å². The van der Waals surface area contributed by atoms with Gasteiger partial charge < -0.3 is 14.1 Å². The monoisotopic (exact) mass is 486 g/mol. The van der Waals surface area contributed by atoms with E-state index < -0.39 is 34.5 Å². The molecule has 0 fully saturated rings. The zero-order valence-corrected chi connectivity index (χ0v) is 18.8. The molecular weight excluding hydrogens is 468 g/mol. The maximum atomic E-state index is 12.9. The van der Waals surface area contributed by atoms with Crippen LogP contribution in [0.4, 0.5) is 0 Å². The number of sulfonamides is 1. The van der Waals surface area contributed by atoms with E-state index in [1.165, 1.54) is 41.0 Å². The van der Waals surface area contributed by atoms with Crippen molar-refractivity contribution in [3.8, 4) is 0 Å². The molecule has 0 saturated carbocycles. The molecular formula is C21H18N4O6S2. The summed E-state index contributed by atoms with van der Waals surface area (Å²) < 4.78 is 37.6. The molecule has 0 aliphatic carbocycles. The first kappa shape index (κ1) is 21.3. The van der Waals surface area contributed by atoms with Crippen molar-refractivity contribution in [3.05, 3.63) is 70.5 Å². The Balaban J connectivity index is 1.27. The summed E-state index contributed by atoms with van der Waals surface area (Å²) in [6, 6.07) is 6.94. The summed E-state index contributed by atoms with van der Waals surface area (Å²) in [7, 11) is -3.49. The van der Waals surface area contributed by atoms with Gasteiger partial charge in [-0.1, -0.05) is 6.07 Å². The Hall–Kier alpha value is -3.51. The van der Waals surface area contributed by atoms with E-state index in [0.717, 1.165) is 10.6 Å². The van der Waals surface area contributed by atoms with Crippen molar-refractivity contribution in [1.82, 2.24) is 9.91 Å². The first-order chi connectivity index (χ1) is 15.9. The number of hydrazone groups is 1. The van der Waals surface area contributed by atoms with Crippen LogP contribution in [0.15, 0.2) is 73.8 Å². The number of carbonyl (C=O) groups is 2. The van der Waals surface area contributed by atoms with Crippen LogP contribution >= 0.6 is 11.3 Å². The third-order valence-corrected chi connectivity index (χ3v) is 7.31. The second-order valence-electron chi connectivity index (χ2n) is 7.42. The summed E-state index contributed by atoms with van der Waals surface area (Å²) >= 11 is 1.53. The number of esters is 1. The third kappa shape index (κ3) is 4.39. The topological polar surface area (TPSA) is 122 Å². The molecule has 1 atom stereocenters. The second-order valence-corrected chi connectivity index (χ2v) is 10.1. The Morgan fingerprint density at radius 2 is 2.12 bits per heavy atom. The van der Waals surface area contributed by atoms with E-state index in [2.05, 4.69) is 9.50 Å². The van der Waals surface area contributed by atoms with Crippen LogP contribution in [0.25, 0.3) is 0 Å². The summed E-state index contributed by atoms with van der Waals surface area (Å²) in [6.45, 7) is -0.322. The maximum Gasteiger partial charge on any atom is 0.340 e. The molecule has 1 amide bonds. The molecule has 1 unspecified atom stereocenters. The lowest BCUT2D eigenvalue weighted by Gasteiger charge is -2.26. The van der Waals surface area contributed by atoms with Crippen molar-refractivity contribution < 1.29 is 27.2 Å². The van der Waals surface area contributed by atoms with E-state index >= 15 is 0 Å². The van der Waals surface area contributed by atoms with Gasteiger partial charge in [0.05, 0.1) is 28.2 Å². The molecule has 10 nitrogen and oxygen atoms in total. The summed E-state index contributed by atoms with van der Waals surface area (Å²) in [6.07, 6.45) is 6.33. The number of thiophene rings is 1. The lowest BCUT2D eigenvalue weighted by molar-refractivity contribution is -0.149. The Morgan fingerprint density at radius 1 is 1.24 bits per heavy atom. The fraction of sp³-hybridized carbons (Fsp3) is 0.238. The number of amidine groups is 1. The predicted octanol–water partition coefficient (Wildman–Crippen LogP) is 2.06. The fourth-order valence-electron chi connectivity index (χ4n) is 3.63. The van der Waals surface area contributed by atoms with Crippen molar-refractivity contribution in [3.63, 3.8) is 0 Å². The van der Waals surface area contributed by atoms with Crippen LogP contribution in [0.1, 0.15) is 23.1 Å². The standard InChI is InChI=1S/C21H18N4O6S2/c26-20(13-31-21(27)14-5-6-19-23-33(28,29)10-7-24(19)12-14)25-16(17-3-1-8-30-17)11-15(22-25)18-4-2-9-32-18/h1-6,8-9,12,16H,7,10-11,13H2. The average molecular weight is 487 g/mol. The number of rotatable bonds is 5. The zero-order chi connectivity index (χ0) is 23.0. The van der Waals surface area contributed by atoms with Gasteiger partial charge in [-0.15, -0.1) is 15.7 Å². The van der Waals surface area contributed by atoms with Crippen molar-refractivity contribution >= 4 is 44.8 Å². The molecule has 3 aliphatic rings. The van der Waals surface area contributed by atoms with E-state index in [1.54, 1.807) is 17.0 Å². The van der Waals surface area contributed by atoms with Crippen LogP contribution in [0.3, 0.4) is 0 Å². The molecule has 2 aromatic heterocycles. The molecule has 3 aliphatic heterocycles. The maximum absolute atomic E-state index is 12.9. The molecule has 170 valence electrons.